The summed E-state index contributed by atoms with van der Waals surface area (Å²) in [4.78, 5) is 11.8. The first-order chi connectivity index (χ1) is 9.67. The lowest BCUT2D eigenvalue weighted by molar-refractivity contribution is -0.0511. The number of nitrogens with one attached hydrogen (secondary N) is 1. The monoisotopic (exact) mass is 283 g/mol. The maximum Gasteiger partial charge on any atom is 0.181 e. The van der Waals surface area contributed by atoms with Gasteiger partial charge in [0.1, 0.15) is 24.6 Å². The number of nitrogens with zero attached hydrogens (tertiary/aromatic N) is 4. The highest BCUT2D eigenvalue weighted by Crippen LogP contribution is 2.31. The Kier molecular flexibility index (Phi) is 3.23. The van der Waals surface area contributed by atoms with Crippen molar-refractivity contribution in [2.75, 3.05) is 12.1 Å². The molecule has 1 saturated heterocycles. The summed E-state index contributed by atoms with van der Waals surface area (Å²) in [6, 6.07) is 0. The molecule has 0 bridgehead atoms. The van der Waals surface area contributed by atoms with Crippen LogP contribution in [0.5, 0.6) is 0 Å². The molecule has 10 heteroatoms. The van der Waals surface area contributed by atoms with Crippen LogP contribution >= 0.6 is 0 Å². The average molecular weight is 283 g/mol. The predicted molar refractivity (Wildman–Crippen MR) is 63.7 cm³/mol. The highest BCUT2D eigenvalue weighted by atomic mass is 16.6. The van der Waals surface area contributed by atoms with Crippen molar-refractivity contribution in [2.45, 2.75) is 24.5 Å². The summed E-state index contributed by atoms with van der Waals surface area (Å²) in [6.07, 6.45) is -1.70. The van der Waals surface area contributed by atoms with Crippen molar-refractivity contribution in [3.63, 3.8) is 0 Å². The van der Waals surface area contributed by atoms with Gasteiger partial charge in [0, 0.05) is 0 Å². The van der Waals surface area contributed by atoms with E-state index in [2.05, 4.69) is 15.0 Å². The maximum atomic E-state index is 9.97. The van der Waals surface area contributed by atoms with Gasteiger partial charge in [-0.2, -0.15) is 0 Å². The molecule has 2 aromatic heterocycles. The van der Waals surface area contributed by atoms with E-state index in [1.54, 1.807) is 0 Å². The third-order valence-electron chi connectivity index (χ3n) is 3.26. The van der Waals surface area contributed by atoms with Crippen LogP contribution in [0.3, 0.4) is 0 Å². The third-order valence-corrected chi connectivity index (χ3v) is 3.26. The van der Waals surface area contributed by atoms with Crippen LogP contribution in [-0.2, 0) is 4.74 Å². The summed E-state index contributed by atoms with van der Waals surface area (Å²) in [7, 11) is 0. The fourth-order valence-electron chi connectivity index (χ4n) is 2.23. The van der Waals surface area contributed by atoms with E-state index >= 15 is 0 Å². The SMILES string of the molecule is OC[C@@H]1O[C@H](n2cnc3c(NO)ncnc32)[C@@H](O)[C@@H]1O. The topological polar surface area (TPSA) is 146 Å². The highest BCUT2D eigenvalue weighted by molar-refractivity contribution is 5.82. The molecule has 3 rings (SSSR count). The summed E-state index contributed by atoms with van der Waals surface area (Å²) < 4.78 is 6.79. The predicted octanol–water partition coefficient (Wildman–Crippen LogP) is -1.76. The summed E-state index contributed by atoms with van der Waals surface area (Å²) in [5.41, 5.74) is 2.49. The molecule has 4 atom stereocenters. The molecule has 0 spiro atoms. The quantitative estimate of drug-likeness (QED) is 0.413. The lowest BCUT2D eigenvalue weighted by Gasteiger charge is -2.16. The Morgan fingerprint density at radius 2 is 2.05 bits per heavy atom. The van der Waals surface area contributed by atoms with E-state index in [-0.39, 0.29) is 11.3 Å². The smallest absolute Gasteiger partial charge is 0.181 e. The van der Waals surface area contributed by atoms with Crippen molar-refractivity contribution < 1.29 is 25.3 Å². The van der Waals surface area contributed by atoms with Gasteiger partial charge in [-0.25, -0.2) is 15.0 Å². The van der Waals surface area contributed by atoms with Gasteiger partial charge >= 0.3 is 0 Å². The van der Waals surface area contributed by atoms with Crippen LogP contribution in [0.2, 0.25) is 0 Å². The zero-order valence-corrected chi connectivity index (χ0v) is 10.2. The third kappa shape index (κ3) is 1.82. The number of hydrogen-bond acceptors (Lipinski definition) is 9. The van der Waals surface area contributed by atoms with Gasteiger partial charge in [0.25, 0.3) is 0 Å². The van der Waals surface area contributed by atoms with Crippen LogP contribution in [0.25, 0.3) is 11.2 Å². The average Bonchev–Trinajstić information content (AvgIpc) is 3.01. The molecule has 3 heterocycles. The Morgan fingerprint density at radius 3 is 2.70 bits per heavy atom. The van der Waals surface area contributed by atoms with E-state index in [4.69, 9.17) is 15.1 Å². The summed E-state index contributed by atoms with van der Waals surface area (Å²) in [6.45, 7) is -0.417. The Morgan fingerprint density at radius 1 is 1.25 bits per heavy atom. The van der Waals surface area contributed by atoms with Crippen LogP contribution in [-0.4, -0.2) is 65.0 Å². The number of anilines is 1. The van der Waals surface area contributed by atoms with Gasteiger partial charge in [0.05, 0.1) is 12.9 Å². The number of aliphatic hydroxyl groups excluding tert-OH is 3. The second-order valence-electron chi connectivity index (χ2n) is 4.39. The fourth-order valence-corrected chi connectivity index (χ4v) is 2.23. The number of aliphatic hydroxyl groups is 3. The zero-order chi connectivity index (χ0) is 14.3. The van der Waals surface area contributed by atoms with E-state index in [0.29, 0.717) is 5.65 Å². The molecule has 0 radical (unpaired) electrons. The Balaban J connectivity index is 2.03. The molecule has 108 valence electrons. The first kappa shape index (κ1) is 13.1. The molecule has 1 fully saturated rings. The van der Waals surface area contributed by atoms with E-state index in [0.717, 1.165) is 0 Å². The van der Waals surface area contributed by atoms with Gasteiger partial charge in [-0.3, -0.25) is 15.3 Å². The van der Waals surface area contributed by atoms with Crippen LogP contribution in [0.1, 0.15) is 6.23 Å². The number of imidazole rings is 1. The Hall–Kier alpha value is -1.85. The van der Waals surface area contributed by atoms with Crippen LogP contribution in [0.15, 0.2) is 12.7 Å². The van der Waals surface area contributed by atoms with E-state index in [1.807, 2.05) is 5.48 Å². The van der Waals surface area contributed by atoms with Crippen LogP contribution in [0.4, 0.5) is 5.82 Å². The van der Waals surface area contributed by atoms with E-state index in [1.165, 1.54) is 17.2 Å². The zero-order valence-electron chi connectivity index (χ0n) is 10.2. The molecular formula is C10H13N5O5. The molecule has 0 saturated carbocycles. The van der Waals surface area contributed by atoms with Gasteiger partial charge in [-0.15, -0.1) is 0 Å². The van der Waals surface area contributed by atoms with E-state index in [9.17, 15) is 10.2 Å². The van der Waals surface area contributed by atoms with Crippen molar-refractivity contribution in [1.29, 1.82) is 0 Å². The molecule has 10 nitrogen and oxygen atoms in total. The number of rotatable bonds is 3. The summed E-state index contributed by atoms with van der Waals surface area (Å²) in [5, 5.41) is 37.7. The van der Waals surface area contributed by atoms with E-state index < -0.39 is 31.1 Å². The molecule has 20 heavy (non-hydrogen) atoms. The molecule has 5 N–H and O–H groups in total. The molecule has 1 aliphatic heterocycles. The van der Waals surface area contributed by atoms with Gasteiger partial charge < -0.3 is 20.1 Å². The van der Waals surface area contributed by atoms with Gasteiger partial charge in [0.15, 0.2) is 23.2 Å². The fraction of sp³-hybridized carbons (Fsp3) is 0.500. The highest BCUT2D eigenvalue weighted by Gasteiger charge is 2.43. The largest absolute Gasteiger partial charge is 0.394 e. The second-order valence-corrected chi connectivity index (χ2v) is 4.39. The number of hydrogen-bond donors (Lipinski definition) is 5. The molecule has 0 amide bonds. The van der Waals surface area contributed by atoms with Crippen LogP contribution in [0, 0.1) is 0 Å². The molecule has 0 aliphatic carbocycles. The minimum atomic E-state index is -1.23. The number of ether oxygens (including phenoxy) is 1. The van der Waals surface area contributed by atoms with Crippen molar-refractivity contribution in [1.82, 2.24) is 19.5 Å². The lowest BCUT2D eigenvalue weighted by atomic mass is 10.1. The molecule has 2 aromatic rings. The van der Waals surface area contributed by atoms with Gasteiger partial charge in [0.2, 0.25) is 0 Å². The molecule has 1 aliphatic rings. The minimum absolute atomic E-state index is 0.112. The maximum absolute atomic E-state index is 9.97. The van der Waals surface area contributed by atoms with Crippen molar-refractivity contribution >= 4 is 17.0 Å². The first-order valence-electron chi connectivity index (χ1n) is 5.87. The Bertz CT molecular complexity index is 619. The standard InChI is InChI=1S/C10H13N5O5/c16-1-4-6(17)7(18)10(20-4)15-3-13-5-8(14-19)11-2-12-9(5)15/h2-4,6-7,10,16-19H,1H2,(H,11,12,14)/t4-,6+,7-,10-/m0/s1. The Labute approximate surface area is 112 Å². The second kappa shape index (κ2) is 4.92. The normalized spacial score (nSPS) is 30.0. The minimum Gasteiger partial charge on any atom is -0.394 e. The molecule has 0 unspecified atom stereocenters. The molecular weight excluding hydrogens is 270 g/mol. The number of aromatic nitrogens is 4. The summed E-state index contributed by atoms with van der Waals surface area (Å²) >= 11 is 0. The van der Waals surface area contributed by atoms with Crippen molar-refractivity contribution in [2.24, 2.45) is 0 Å². The molecule has 0 aromatic carbocycles. The van der Waals surface area contributed by atoms with Crippen molar-refractivity contribution in [3.05, 3.63) is 12.7 Å². The summed E-state index contributed by atoms with van der Waals surface area (Å²) in [5.74, 6) is 0.112. The van der Waals surface area contributed by atoms with Gasteiger partial charge in [-0.05, 0) is 0 Å². The number of fused-ring (bicyclic) bond motifs is 1. The van der Waals surface area contributed by atoms with Crippen LogP contribution < -0.4 is 5.48 Å². The lowest BCUT2D eigenvalue weighted by Crippen LogP contribution is -2.33. The van der Waals surface area contributed by atoms with Gasteiger partial charge in [-0.1, -0.05) is 0 Å². The van der Waals surface area contributed by atoms with Crippen molar-refractivity contribution in [3.8, 4) is 0 Å². The first-order valence-corrected chi connectivity index (χ1v) is 5.87.